The molecule has 1 aliphatic heterocycles. The lowest BCUT2D eigenvalue weighted by Gasteiger charge is -2.38. The summed E-state index contributed by atoms with van der Waals surface area (Å²) < 4.78 is 24.6. The van der Waals surface area contributed by atoms with Gasteiger partial charge in [-0.25, -0.2) is 0 Å². The minimum absolute atomic E-state index is 0.0622. The van der Waals surface area contributed by atoms with Crippen LogP contribution >= 0.6 is 0 Å². The molecular formula is C10H11BO6-2. The van der Waals surface area contributed by atoms with Gasteiger partial charge in [0.2, 0.25) is 0 Å². The zero-order chi connectivity index (χ0) is 14.4. The van der Waals surface area contributed by atoms with Crippen molar-refractivity contribution in [2.75, 3.05) is 7.11 Å². The van der Waals surface area contributed by atoms with Gasteiger partial charge in [-0.2, -0.15) is 0 Å². The van der Waals surface area contributed by atoms with Crippen LogP contribution in [0.4, 0.5) is 0 Å². The molecule has 0 unspecified atom stereocenters. The molecule has 0 saturated carbocycles. The van der Waals surface area contributed by atoms with Crippen molar-refractivity contribution in [1.29, 1.82) is 0 Å². The second kappa shape index (κ2) is 3.94. The average molecular weight is 240 g/mol. The molecular weight excluding hydrogens is 227 g/mol. The van der Waals surface area contributed by atoms with Crippen LogP contribution in [0.5, 0.6) is 11.5 Å². The summed E-state index contributed by atoms with van der Waals surface area (Å²) in [6, 6.07) is 2.74. The highest BCUT2D eigenvalue weighted by Gasteiger charge is 2.30. The van der Waals surface area contributed by atoms with E-state index in [4.69, 9.17) is 12.1 Å². The average Bonchev–Trinajstić information content (AvgIpc) is 2.28. The van der Waals surface area contributed by atoms with Crippen molar-refractivity contribution in [2.24, 2.45) is 0 Å². The van der Waals surface area contributed by atoms with Gasteiger partial charge >= 0.3 is 6.75 Å². The fraction of sp³-hybridized carbons (Fsp3) is 0.300. The van der Waals surface area contributed by atoms with Gasteiger partial charge in [0, 0.05) is 0 Å². The van der Waals surface area contributed by atoms with E-state index in [1.807, 2.05) is 0 Å². The standard InChI is InChI=1S/C10H12BO6/c1-16-7-3-2-6-4-5-11(14,15)17-9(6)8(7)10(12)13/h2-3,14-15H,4-5H2,1H3,(H,12,13)/q-1/p-1/i5D2. The van der Waals surface area contributed by atoms with Crippen molar-refractivity contribution in [3.63, 3.8) is 0 Å². The summed E-state index contributed by atoms with van der Waals surface area (Å²) in [5, 5.41) is 30.3. The molecule has 1 aromatic carbocycles. The number of carboxylic acid groups (broad SMARTS) is 1. The topological polar surface area (TPSA) is 99.1 Å². The minimum Gasteiger partial charge on any atom is -0.669 e. The summed E-state index contributed by atoms with van der Waals surface area (Å²) in [6.45, 7) is -3.83. The number of carboxylic acids is 1. The largest absolute Gasteiger partial charge is 0.669 e. The Morgan fingerprint density at radius 2 is 2.35 bits per heavy atom. The second-order valence-electron chi connectivity index (χ2n) is 3.62. The summed E-state index contributed by atoms with van der Waals surface area (Å²) in [6.07, 6.45) is -2.80. The van der Waals surface area contributed by atoms with Gasteiger partial charge in [0.1, 0.15) is 5.75 Å². The number of rotatable bonds is 2. The van der Waals surface area contributed by atoms with Gasteiger partial charge in [-0.3, -0.25) is 0 Å². The third kappa shape index (κ3) is 2.06. The SMILES string of the molecule is [2H]C1([2H])Cc2ccc(OC)c(C(=O)[O-])c2O[B-]1(O)O. The van der Waals surface area contributed by atoms with E-state index in [1.54, 1.807) is 0 Å². The number of carbonyl (C=O) groups excluding carboxylic acids is 1. The summed E-state index contributed by atoms with van der Waals surface area (Å²) in [5.41, 5.74) is -0.268. The smallest absolute Gasteiger partial charge is 0.430 e. The van der Waals surface area contributed by atoms with E-state index in [1.165, 1.54) is 19.2 Å². The molecule has 2 N–H and O–H groups in total. The minimum atomic E-state index is -3.83. The van der Waals surface area contributed by atoms with Crippen LogP contribution in [0, 0.1) is 0 Å². The first-order valence-corrected chi connectivity index (χ1v) is 4.88. The van der Waals surface area contributed by atoms with Crippen molar-refractivity contribution in [3.8, 4) is 11.5 Å². The van der Waals surface area contributed by atoms with Crippen LogP contribution in [0.1, 0.15) is 18.7 Å². The van der Waals surface area contributed by atoms with Crippen LogP contribution < -0.4 is 14.5 Å². The lowest BCUT2D eigenvalue weighted by atomic mass is 9.70. The molecule has 0 aliphatic carbocycles. The Morgan fingerprint density at radius 1 is 1.65 bits per heavy atom. The molecule has 0 bridgehead atoms. The summed E-state index contributed by atoms with van der Waals surface area (Å²) in [4.78, 5) is 11.1. The third-order valence-corrected chi connectivity index (χ3v) is 2.47. The number of ether oxygens (including phenoxy) is 1. The second-order valence-corrected chi connectivity index (χ2v) is 3.62. The van der Waals surface area contributed by atoms with E-state index >= 15 is 0 Å². The number of hydrogen-bond donors (Lipinski definition) is 2. The van der Waals surface area contributed by atoms with E-state index in [2.05, 4.69) is 0 Å². The van der Waals surface area contributed by atoms with Gasteiger partial charge in [0.05, 0.1) is 24.4 Å². The molecule has 17 heavy (non-hydrogen) atoms. The number of aryl methyl sites for hydroxylation is 1. The molecule has 0 spiro atoms. The monoisotopic (exact) mass is 240 g/mol. The number of fused-ring (bicyclic) bond motifs is 1. The van der Waals surface area contributed by atoms with Crippen molar-refractivity contribution in [2.45, 2.75) is 12.7 Å². The zero-order valence-electron chi connectivity index (χ0n) is 11.0. The molecule has 1 heterocycles. The number of hydrogen-bond acceptors (Lipinski definition) is 6. The fourth-order valence-corrected chi connectivity index (χ4v) is 1.69. The highest BCUT2D eigenvalue weighted by atomic mass is 16.6. The zero-order valence-corrected chi connectivity index (χ0v) is 8.97. The quantitative estimate of drug-likeness (QED) is 0.637. The van der Waals surface area contributed by atoms with Crippen molar-refractivity contribution in [3.05, 3.63) is 23.3 Å². The number of methoxy groups -OCH3 is 1. The van der Waals surface area contributed by atoms with Crippen molar-refractivity contribution >= 4 is 12.7 Å². The van der Waals surface area contributed by atoms with Gasteiger partial charge < -0.3 is 29.3 Å². The molecule has 0 radical (unpaired) electrons. The summed E-state index contributed by atoms with van der Waals surface area (Å²) >= 11 is 0. The maximum absolute atomic E-state index is 11.1. The van der Waals surface area contributed by atoms with Crippen LogP contribution in [-0.2, 0) is 6.42 Å². The molecule has 1 aromatic rings. The molecule has 0 aromatic heterocycles. The Kier molecular flexibility index (Phi) is 2.16. The number of benzene rings is 1. The molecule has 0 saturated heterocycles. The summed E-state index contributed by atoms with van der Waals surface area (Å²) in [7, 11) is 1.24. The third-order valence-electron chi connectivity index (χ3n) is 2.47. The first-order chi connectivity index (χ1) is 8.69. The molecule has 7 heteroatoms. The molecule has 1 aliphatic rings. The Labute approximate surface area is 100 Å². The summed E-state index contributed by atoms with van der Waals surface area (Å²) in [5.74, 6) is -2.00. The first-order valence-electron chi connectivity index (χ1n) is 5.88. The Hall–Kier alpha value is -1.73. The van der Waals surface area contributed by atoms with Crippen molar-refractivity contribution in [1.82, 2.24) is 0 Å². The normalized spacial score (nSPS) is 21.6. The molecule has 0 amide bonds. The van der Waals surface area contributed by atoms with E-state index in [-0.39, 0.29) is 23.5 Å². The number of carbonyl (C=O) groups is 1. The van der Waals surface area contributed by atoms with E-state index in [0.29, 0.717) is 0 Å². The van der Waals surface area contributed by atoms with Crippen LogP contribution in [-0.4, -0.2) is 29.9 Å². The Bertz CT molecular complexity index is 545. The van der Waals surface area contributed by atoms with E-state index < -0.39 is 24.6 Å². The van der Waals surface area contributed by atoms with Gasteiger partial charge in [-0.15, -0.1) is 0 Å². The molecule has 6 nitrogen and oxygen atoms in total. The lowest BCUT2D eigenvalue weighted by Crippen LogP contribution is -2.46. The Morgan fingerprint density at radius 3 is 2.94 bits per heavy atom. The molecule has 0 atom stereocenters. The highest BCUT2D eigenvalue weighted by molar-refractivity contribution is 6.59. The predicted molar refractivity (Wildman–Crippen MR) is 56.7 cm³/mol. The predicted octanol–water partition coefficient (Wildman–Crippen LogP) is -1.08. The van der Waals surface area contributed by atoms with Crippen molar-refractivity contribution < 1.29 is 32.1 Å². The maximum Gasteiger partial charge on any atom is 0.430 e. The maximum atomic E-state index is 11.1. The van der Waals surface area contributed by atoms with Gasteiger partial charge in [0.15, 0.2) is 0 Å². The highest BCUT2D eigenvalue weighted by Crippen LogP contribution is 2.37. The van der Waals surface area contributed by atoms with E-state index in [0.717, 1.165) is 0 Å². The fourth-order valence-electron chi connectivity index (χ4n) is 1.69. The van der Waals surface area contributed by atoms with Gasteiger partial charge in [-0.1, -0.05) is 12.3 Å². The molecule has 2 rings (SSSR count). The first kappa shape index (κ1) is 9.32. The van der Waals surface area contributed by atoms with Crippen LogP contribution in [0.2, 0.25) is 6.27 Å². The van der Waals surface area contributed by atoms with E-state index in [9.17, 15) is 19.9 Å². The molecule has 92 valence electrons. The lowest BCUT2D eigenvalue weighted by molar-refractivity contribution is -0.255. The van der Waals surface area contributed by atoms with Crippen LogP contribution in [0.15, 0.2) is 12.1 Å². The molecule has 0 fully saturated rings. The van der Waals surface area contributed by atoms with Gasteiger partial charge in [0.25, 0.3) is 0 Å². The van der Waals surface area contributed by atoms with Crippen LogP contribution in [0.25, 0.3) is 0 Å². The Balaban J connectivity index is 2.65. The number of aromatic carboxylic acids is 1. The van der Waals surface area contributed by atoms with Crippen LogP contribution in [0.3, 0.4) is 0 Å². The van der Waals surface area contributed by atoms with Gasteiger partial charge in [-0.05, 0) is 20.8 Å².